The van der Waals surface area contributed by atoms with Gasteiger partial charge < -0.3 is 14.6 Å². The molecular formula is C14H12O6. The van der Waals surface area contributed by atoms with Crippen LogP contribution in [0.1, 0.15) is 10.4 Å². The summed E-state index contributed by atoms with van der Waals surface area (Å²) in [5.74, 6) is -6.32. The van der Waals surface area contributed by atoms with Crippen LogP contribution in [-0.4, -0.2) is 28.8 Å². The third-order valence-corrected chi connectivity index (χ3v) is 2.24. The van der Waals surface area contributed by atoms with Gasteiger partial charge in [0.1, 0.15) is 0 Å². The highest BCUT2D eigenvalue weighted by Gasteiger charge is 2.44. The van der Waals surface area contributed by atoms with Crippen LogP contribution in [0.5, 0.6) is 0 Å². The second kappa shape index (κ2) is 6.33. The lowest BCUT2D eigenvalue weighted by molar-refractivity contribution is -0.205. The van der Waals surface area contributed by atoms with Crippen molar-refractivity contribution in [1.29, 1.82) is 0 Å². The van der Waals surface area contributed by atoms with E-state index in [4.69, 9.17) is 9.84 Å². The second-order valence-corrected chi connectivity index (χ2v) is 3.56. The molecule has 0 amide bonds. The third kappa shape index (κ3) is 3.32. The van der Waals surface area contributed by atoms with Crippen molar-refractivity contribution < 1.29 is 29.0 Å². The summed E-state index contributed by atoms with van der Waals surface area (Å²) in [5, 5.41) is 9.10. The monoisotopic (exact) mass is 276 g/mol. The van der Waals surface area contributed by atoms with Crippen molar-refractivity contribution in [2.45, 2.75) is 5.79 Å². The molecule has 0 saturated carbocycles. The minimum Gasteiger partial charge on any atom is -0.475 e. The Balaban J connectivity index is 3.04. The van der Waals surface area contributed by atoms with E-state index in [0.717, 1.165) is 6.08 Å². The van der Waals surface area contributed by atoms with Gasteiger partial charge in [-0.2, -0.15) is 0 Å². The number of hydrogen-bond donors (Lipinski definition) is 1. The summed E-state index contributed by atoms with van der Waals surface area (Å²) in [7, 11) is 0. The normalized spacial score (nSPS) is 12.6. The summed E-state index contributed by atoms with van der Waals surface area (Å²) in [6.07, 6.45) is 1.45. The summed E-state index contributed by atoms with van der Waals surface area (Å²) in [6.45, 7) is 6.35. The number of aliphatic carboxylic acids is 1. The van der Waals surface area contributed by atoms with Gasteiger partial charge in [0.15, 0.2) is 0 Å². The minimum atomic E-state index is -2.60. The maximum atomic E-state index is 11.8. The number of ether oxygens (including phenoxy) is 2. The molecule has 0 aliphatic rings. The predicted octanol–water partition coefficient (Wildman–Crippen LogP) is 1.54. The van der Waals surface area contributed by atoms with Gasteiger partial charge in [0.2, 0.25) is 0 Å². The predicted molar refractivity (Wildman–Crippen MR) is 68.7 cm³/mol. The molecule has 0 aliphatic carbocycles. The summed E-state index contributed by atoms with van der Waals surface area (Å²) >= 11 is 0. The molecule has 1 N–H and O–H groups in total. The molecule has 1 atom stereocenters. The van der Waals surface area contributed by atoms with E-state index in [9.17, 15) is 14.4 Å². The number of carboxylic acids is 1. The Morgan fingerprint density at radius 1 is 1.10 bits per heavy atom. The molecule has 20 heavy (non-hydrogen) atoms. The molecule has 6 nitrogen and oxygen atoms in total. The van der Waals surface area contributed by atoms with Crippen LogP contribution in [0.15, 0.2) is 55.6 Å². The molecule has 0 aromatic heterocycles. The average molecular weight is 276 g/mol. The molecule has 0 fully saturated rings. The van der Waals surface area contributed by atoms with Crippen LogP contribution in [0.25, 0.3) is 0 Å². The maximum absolute atomic E-state index is 11.8. The fourth-order valence-electron chi connectivity index (χ4n) is 1.24. The van der Waals surface area contributed by atoms with Gasteiger partial charge in [-0.25, -0.2) is 14.4 Å². The summed E-state index contributed by atoms with van der Waals surface area (Å²) in [5.41, 5.74) is 0.106. The van der Waals surface area contributed by atoms with Gasteiger partial charge in [-0.1, -0.05) is 31.4 Å². The smallest absolute Gasteiger partial charge is 0.395 e. The Kier molecular flexibility index (Phi) is 4.80. The lowest BCUT2D eigenvalue weighted by atomic mass is 10.2. The van der Waals surface area contributed by atoms with Crippen LogP contribution in [0.2, 0.25) is 0 Å². The van der Waals surface area contributed by atoms with E-state index >= 15 is 0 Å². The SMILES string of the molecule is C=CC(=O)OC(C=C)(OC(=O)c1ccccc1)C(=O)O. The molecule has 6 heteroatoms. The Labute approximate surface area is 114 Å². The fourth-order valence-corrected chi connectivity index (χ4v) is 1.24. The first-order valence-corrected chi connectivity index (χ1v) is 5.46. The van der Waals surface area contributed by atoms with Gasteiger partial charge in [0, 0.05) is 12.2 Å². The fraction of sp³-hybridized carbons (Fsp3) is 0.0714. The first-order chi connectivity index (χ1) is 9.45. The van der Waals surface area contributed by atoms with Gasteiger partial charge >= 0.3 is 23.7 Å². The van der Waals surface area contributed by atoms with Crippen molar-refractivity contribution in [3.05, 3.63) is 61.2 Å². The van der Waals surface area contributed by atoms with Gasteiger partial charge in [0.25, 0.3) is 0 Å². The molecular weight excluding hydrogens is 264 g/mol. The molecule has 1 rings (SSSR count). The van der Waals surface area contributed by atoms with Crippen LogP contribution >= 0.6 is 0 Å². The molecule has 1 aromatic carbocycles. The summed E-state index contributed by atoms with van der Waals surface area (Å²) < 4.78 is 9.33. The highest BCUT2D eigenvalue weighted by Crippen LogP contribution is 2.19. The zero-order chi connectivity index (χ0) is 15.2. The van der Waals surface area contributed by atoms with Crippen molar-refractivity contribution in [2.75, 3.05) is 0 Å². The summed E-state index contributed by atoms with van der Waals surface area (Å²) in [6, 6.07) is 7.67. The maximum Gasteiger partial charge on any atom is 0.395 e. The van der Waals surface area contributed by atoms with Gasteiger partial charge in [-0.3, -0.25) is 0 Å². The van der Waals surface area contributed by atoms with Crippen molar-refractivity contribution in [3.8, 4) is 0 Å². The van der Waals surface area contributed by atoms with Crippen molar-refractivity contribution in [1.82, 2.24) is 0 Å². The number of carboxylic acid groups (broad SMARTS) is 1. The number of carbonyl (C=O) groups excluding carboxylic acids is 2. The van der Waals surface area contributed by atoms with Crippen molar-refractivity contribution >= 4 is 17.9 Å². The summed E-state index contributed by atoms with van der Waals surface area (Å²) in [4.78, 5) is 34.2. The molecule has 1 unspecified atom stereocenters. The minimum absolute atomic E-state index is 0.106. The molecule has 0 radical (unpaired) electrons. The molecule has 0 heterocycles. The molecule has 0 saturated heterocycles. The zero-order valence-corrected chi connectivity index (χ0v) is 10.4. The quantitative estimate of drug-likeness (QED) is 0.367. The highest BCUT2D eigenvalue weighted by molar-refractivity contribution is 5.94. The van der Waals surface area contributed by atoms with E-state index in [1.165, 1.54) is 12.1 Å². The van der Waals surface area contributed by atoms with Crippen molar-refractivity contribution in [2.24, 2.45) is 0 Å². The first-order valence-electron chi connectivity index (χ1n) is 5.46. The second-order valence-electron chi connectivity index (χ2n) is 3.56. The number of hydrogen-bond acceptors (Lipinski definition) is 5. The van der Waals surface area contributed by atoms with Crippen LogP contribution < -0.4 is 0 Å². The lowest BCUT2D eigenvalue weighted by Gasteiger charge is -2.24. The van der Waals surface area contributed by atoms with E-state index in [2.05, 4.69) is 17.9 Å². The van der Waals surface area contributed by atoms with E-state index in [0.29, 0.717) is 6.08 Å². The van der Waals surface area contributed by atoms with Gasteiger partial charge in [0.05, 0.1) is 5.56 Å². The molecule has 0 spiro atoms. The van der Waals surface area contributed by atoms with Crippen LogP contribution in [-0.2, 0) is 19.1 Å². The van der Waals surface area contributed by atoms with E-state index in [-0.39, 0.29) is 5.56 Å². The Bertz CT molecular complexity index is 548. The van der Waals surface area contributed by atoms with E-state index in [1.807, 2.05) is 0 Å². The topological polar surface area (TPSA) is 89.9 Å². The zero-order valence-electron chi connectivity index (χ0n) is 10.4. The van der Waals surface area contributed by atoms with Gasteiger partial charge in [-0.05, 0) is 12.1 Å². The largest absolute Gasteiger partial charge is 0.475 e. The van der Waals surface area contributed by atoms with E-state index in [1.54, 1.807) is 18.2 Å². The Morgan fingerprint density at radius 2 is 1.70 bits per heavy atom. The molecule has 1 aromatic rings. The number of rotatable bonds is 6. The Hall–Kier alpha value is -2.89. The molecule has 0 bridgehead atoms. The number of carbonyl (C=O) groups is 3. The standard InChI is InChI=1S/C14H12O6/c1-3-11(15)19-14(4-2,13(17)18)20-12(16)10-8-6-5-7-9-10/h3-9H,1-2H2,(H,17,18). The van der Waals surface area contributed by atoms with Crippen molar-refractivity contribution in [3.63, 3.8) is 0 Å². The third-order valence-electron chi connectivity index (χ3n) is 2.24. The molecule has 104 valence electrons. The van der Waals surface area contributed by atoms with Crippen LogP contribution in [0.3, 0.4) is 0 Å². The highest BCUT2D eigenvalue weighted by atomic mass is 16.7. The van der Waals surface area contributed by atoms with E-state index < -0.39 is 23.7 Å². The van der Waals surface area contributed by atoms with Crippen LogP contribution in [0.4, 0.5) is 0 Å². The van der Waals surface area contributed by atoms with Crippen LogP contribution in [0, 0.1) is 0 Å². The number of benzene rings is 1. The Morgan fingerprint density at radius 3 is 2.15 bits per heavy atom. The van der Waals surface area contributed by atoms with Gasteiger partial charge in [-0.15, -0.1) is 0 Å². The molecule has 0 aliphatic heterocycles. The lowest BCUT2D eigenvalue weighted by Crippen LogP contribution is -2.45. The number of esters is 2. The first kappa shape index (κ1) is 15.2. The average Bonchev–Trinajstić information content (AvgIpc) is 2.46.